The van der Waals surface area contributed by atoms with Crippen LogP contribution in [0.25, 0.3) is 43.5 Å². The van der Waals surface area contributed by atoms with Crippen molar-refractivity contribution in [3.05, 3.63) is 140 Å². The van der Waals surface area contributed by atoms with E-state index in [0.717, 1.165) is 23.7 Å². The highest BCUT2D eigenvalue weighted by Gasteiger charge is 2.39. The van der Waals surface area contributed by atoms with Gasteiger partial charge < -0.3 is 29.3 Å². The molecule has 10 rings (SSSR count). The molecule has 356 valence electrons. The topological polar surface area (TPSA) is 299 Å². The van der Waals surface area contributed by atoms with Crippen LogP contribution < -0.4 is 31.5 Å². The molecule has 25 heteroatoms. The first kappa shape index (κ1) is 46.7. The van der Waals surface area contributed by atoms with E-state index in [-0.39, 0.29) is 58.1 Å². The summed E-state index contributed by atoms with van der Waals surface area (Å²) in [6, 6.07) is 23.5. The lowest BCUT2D eigenvalue weighted by atomic mass is 9.95. The number of nitrogens with one attached hydrogen (secondary N) is 2. The van der Waals surface area contributed by atoms with Crippen molar-refractivity contribution in [3.8, 4) is 0 Å². The number of fused-ring (bicyclic) bond motifs is 8. The van der Waals surface area contributed by atoms with Gasteiger partial charge in [0.25, 0.3) is 23.2 Å². The largest absolute Gasteiger partial charge is 0.451 e. The van der Waals surface area contributed by atoms with Crippen molar-refractivity contribution >= 4 is 149 Å². The molecule has 0 bridgehead atoms. The van der Waals surface area contributed by atoms with Crippen LogP contribution in [0.1, 0.15) is 44.1 Å². The Labute approximate surface area is 414 Å². The molecule has 0 saturated carbocycles. The van der Waals surface area contributed by atoms with Crippen LogP contribution in [0.3, 0.4) is 0 Å². The number of hydrogen-bond donors (Lipinski definition) is 4. The van der Waals surface area contributed by atoms with Crippen LogP contribution in [-0.2, 0) is 19.3 Å². The molecule has 6 N–H and O–H groups in total. The number of amides is 4. The number of urea groups is 1. The number of non-ortho nitro benzene ring substituents is 2. The molecule has 8 aromatic rings. The zero-order chi connectivity index (χ0) is 49.3. The molecular formula is C45H32Br2N8O13S2. The molecule has 2 atom stereocenters. The maximum Gasteiger partial charge on any atom is 0.323 e. The van der Waals surface area contributed by atoms with Crippen molar-refractivity contribution < 1.29 is 50.8 Å². The molecule has 0 fully saturated rings. The van der Waals surface area contributed by atoms with Gasteiger partial charge in [-0.15, -0.1) is 9.32 Å². The number of primary sulfonamides is 1. The number of anilines is 4. The lowest BCUT2D eigenvalue weighted by molar-refractivity contribution is -0.383. The molecule has 4 heterocycles. The first-order valence-electron chi connectivity index (χ1n) is 20.7. The molecule has 2 aliphatic heterocycles. The predicted molar refractivity (Wildman–Crippen MR) is 266 cm³/mol. The van der Waals surface area contributed by atoms with Gasteiger partial charge >= 0.3 is 6.03 Å². The highest BCUT2D eigenvalue weighted by Crippen LogP contribution is 2.49. The summed E-state index contributed by atoms with van der Waals surface area (Å²) in [5, 5.41) is 38.6. The van der Waals surface area contributed by atoms with Crippen molar-refractivity contribution in [3.63, 3.8) is 0 Å². The van der Waals surface area contributed by atoms with Crippen molar-refractivity contribution in [2.24, 2.45) is 11.0 Å². The fraction of sp³-hybridized carbons (Fsp3) is 0.133. The number of benzene rings is 6. The number of nitrogens with zero attached hydrogens (tertiary/aromatic N) is 4. The minimum Gasteiger partial charge on any atom is -0.451 e. The third-order valence-corrected chi connectivity index (χ3v) is 15.2. The van der Waals surface area contributed by atoms with Crippen molar-refractivity contribution in [2.45, 2.75) is 21.6 Å². The summed E-state index contributed by atoms with van der Waals surface area (Å²) in [5.41, 5.74) is 2.79. The number of halogens is 2. The first-order valence-corrected chi connectivity index (χ1v) is 25.2. The zero-order valence-electron chi connectivity index (χ0n) is 35.5. The highest BCUT2D eigenvalue weighted by molar-refractivity contribution is 9.09. The maximum atomic E-state index is 14.1. The Hall–Kier alpha value is -6.97. The van der Waals surface area contributed by atoms with Crippen LogP contribution in [0.4, 0.5) is 38.9 Å². The summed E-state index contributed by atoms with van der Waals surface area (Å²) in [6.45, 7) is 0.353. The normalized spacial score (nSPS) is 15.5. The van der Waals surface area contributed by atoms with Crippen LogP contribution >= 0.6 is 43.9 Å². The van der Waals surface area contributed by atoms with Gasteiger partial charge in [-0.3, -0.25) is 29.8 Å². The zero-order valence-corrected chi connectivity index (χ0v) is 40.3. The lowest BCUT2D eigenvalue weighted by Gasteiger charge is -2.16. The molecular weight excluding hydrogens is 1080 g/mol. The molecule has 21 nitrogen and oxygen atoms in total. The van der Waals surface area contributed by atoms with E-state index >= 15 is 0 Å². The summed E-state index contributed by atoms with van der Waals surface area (Å²) < 4.78 is 40.9. The number of nitro groups is 2. The van der Waals surface area contributed by atoms with Crippen LogP contribution in [0, 0.1) is 20.2 Å². The number of nitrogens with two attached hydrogens (primary N) is 2. The van der Waals surface area contributed by atoms with E-state index in [1.54, 1.807) is 54.6 Å². The van der Waals surface area contributed by atoms with E-state index in [1.807, 2.05) is 0 Å². The number of nitro benzene ring substituents is 2. The van der Waals surface area contributed by atoms with Crippen LogP contribution in [0.15, 0.2) is 116 Å². The molecule has 2 aliphatic rings. The van der Waals surface area contributed by atoms with E-state index < -0.39 is 43.4 Å². The van der Waals surface area contributed by atoms with Gasteiger partial charge in [0.2, 0.25) is 10.0 Å². The average molecular weight is 1120 g/mol. The molecule has 70 heavy (non-hydrogen) atoms. The second kappa shape index (κ2) is 18.1. The molecule has 0 radical (unpaired) electrons. The van der Waals surface area contributed by atoms with Gasteiger partial charge in [0, 0.05) is 74.8 Å². The fourth-order valence-corrected chi connectivity index (χ4v) is 11.2. The minimum absolute atomic E-state index is 0.0230. The monoisotopic (exact) mass is 1110 g/mol. The number of rotatable bonds is 12. The standard InChI is InChI=1S/C45H32Br2N8O13S2/c46-17-23-19-52(35-15-33(54(59)60)31-13-27(69-68-67-48)3-5-29(31)41(23)35)43(56)39-11-21-9-25(1-7-37(21)65-39)50-45(58)51-26-2-8-38-22(10-26)12-40(66-38)44(57)53-20-24(18-47)42-30-6-4-28(70(49,63)64)14-32(30)34(55(61)62)16-36(42)53/h1-16,23-24H,17-20,48H2,(H2,49,63,64)(H2,50,51,58). The number of carbonyl (C=O) groups is 3. The molecule has 0 aliphatic carbocycles. The lowest BCUT2D eigenvalue weighted by Crippen LogP contribution is -2.29. The van der Waals surface area contributed by atoms with Crippen molar-refractivity contribution in [2.75, 3.05) is 44.2 Å². The number of sulfonamides is 1. The van der Waals surface area contributed by atoms with E-state index in [1.165, 1.54) is 46.2 Å². The van der Waals surface area contributed by atoms with Gasteiger partial charge in [-0.25, -0.2) is 18.4 Å². The Kier molecular flexibility index (Phi) is 12.1. The van der Waals surface area contributed by atoms with E-state index in [2.05, 4.69) is 47.5 Å². The molecule has 0 spiro atoms. The number of carbonyl (C=O) groups excluding carboxylic acids is 3. The van der Waals surface area contributed by atoms with Gasteiger partial charge in [0.05, 0.1) is 48.9 Å². The number of furan rings is 2. The van der Waals surface area contributed by atoms with E-state index in [0.29, 0.717) is 76.3 Å². The van der Waals surface area contributed by atoms with Gasteiger partial charge in [-0.2, -0.15) is 5.90 Å². The number of alkyl halides is 2. The highest BCUT2D eigenvalue weighted by atomic mass is 79.9. The quantitative estimate of drug-likeness (QED) is 0.0291. The summed E-state index contributed by atoms with van der Waals surface area (Å²) in [5.74, 6) is 3.25. The van der Waals surface area contributed by atoms with Crippen LogP contribution in [0.2, 0.25) is 0 Å². The fourth-order valence-electron chi connectivity index (χ4n) is 9.15. The molecule has 4 amide bonds. The minimum atomic E-state index is -4.17. The molecule has 2 aromatic heterocycles. The predicted octanol–water partition coefficient (Wildman–Crippen LogP) is 9.70. The summed E-state index contributed by atoms with van der Waals surface area (Å²) in [4.78, 5) is 72.2. The van der Waals surface area contributed by atoms with Crippen molar-refractivity contribution in [1.29, 1.82) is 0 Å². The van der Waals surface area contributed by atoms with E-state index in [4.69, 9.17) is 24.2 Å². The Morgan fingerprint density at radius 3 is 1.64 bits per heavy atom. The molecule has 2 unspecified atom stereocenters. The SMILES string of the molecule is NOOSc1ccc2c3c(cc([N+](=O)[O-])c2c1)N(C(=O)c1cc2cc(NC(=O)Nc4ccc5oc(C(=O)N6CC(CBr)c7c6cc([N+](=O)[O-])c6cc(S(N)(=O)=O)ccc76)cc5c4)ccc2o1)CC3CBr. The number of hydrogen-bond acceptors (Lipinski definition) is 15. The third kappa shape index (κ3) is 8.27. The smallest absolute Gasteiger partial charge is 0.323 e. The second-order valence-corrected chi connectivity index (χ2v) is 19.8. The summed E-state index contributed by atoms with van der Waals surface area (Å²) in [7, 11) is -4.17. The van der Waals surface area contributed by atoms with Crippen LogP contribution in [-0.4, -0.2) is 59.9 Å². The Bertz CT molecular complexity index is 3700. The second-order valence-electron chi connectivity index (χ2n) is 16.2. The Morgan fingerprint density at radius 2 is 1.19 bits per heavy atom. The van der Waals surface area contributed by atoms with Crippen molar-refractivity contribution in [1.82, 2.24) is 0 Å². The van der Waals surface area contributed by atoms with Crippen LogP contribution in [0.5, 0.6) is 0 Å². The van der Waals surface area contributed by atoms with Gasteiger partial charge in [0.1, 0.15) is 11.2 Å². The Balaban J connectivity index is 0.857. The first-order chi connectivity index (χ1) is 33.5. The summed E-state index contributed by atoms with van der Waals surface area (Å²) in [6.07, 6.45) is 0. The molecule has 6 aromatic carbocycles. The summed E-state index contributed by atoms with van der Waals surface area (Å²) >= 11 is 7.83. The Morgan fingerprint density at radius 1 is 0.700 bits per heavy atom. The van der Waals surface area contributed by atoms with Gasteiger partial charge in [0.15, 0.2) is 11.5 Å². The third-order valence-electron chi connectivity index (χ3n) is 12.1. The van der Waals surface area contributed by atoms with Gasteiger partial charge in [-0.05, 0) is 94.7 Å². The maximum absolute atomic E-state index is 14.1. The van der Waals surface area contributed by atoms with Gasteiger partial charge in [-0.1, -0.05) is 44.0 Å². The average Bonchev–Trinajstić information content (AvgIpc) is 4.14. The van der Waals surface area contributed by atoms with E-state index in [9.17, 15) is 43.0 Å². The molecule has 0 saturated heterocycles.